The van der Waals surface area contributed by atoms with Gasteiger partial charge in [-0.05, 0) is 49.9 Å². The first kappa shape index (κ1) is 19.7. The second kappa shape index (κ2) is 9.27. The third-order valence-corrected chi connectivity index (χ3v) is 4.70. The number of carbonyl (C=O) groups is 1. The average molecular weight is 374 g/mol. The summed E-state index contributed by atoms with van der Waals surface area (Å²) < 4.78 is 5.58. The van der Waals surface area contributed by atoms with Gasteiger partial charge in [0.25, 0.3) is 0 Å². The lowest BCUT2D eigenvalue weighted by molar-refractivity contribution is 0.0472. The quantitative estimate of drug-likeness (QED) is 0.515. The van der Waals surface area contributed by atoms with E-state index in [2.05, 4.69) is 35.9 Å². The third-order valence-electron chi connectivity index (χ3n) is 4.70. The second-order valence-corrected chi connectivity index (χ2v) is 7.03. The molecule has 1 aromatic carbocycles. The van der Waals surface area contributed by atoms with E-state index in [-0.39, 0.29) is 12.6 Å². The molecule has 0 amide bonds. The van der Waals surface area contributed by atoms with E-state index in [1.54, 1.807) is 12.4 Å². The van der Waals surface area contributed by atoms with Gasteiger partial charge in [0.2, 0.25) is 0 Å². The van der Waals surface area contributed by atoms with Crippen LogP contribution in [0.1, 0.15) is 52.6 Å². The standard InChI is InChI=1S/C24H26N2O2/c1-4-5-8-21-14-22(20-11-9-17(2)10-12-20)23(18(3)26-21)24(27)28-16-19-7-6-13-25-15-19/h6-7,9-15H,4-5,8,16H2,1-3H3. The number of aryl methyl sites for hydroxylation is 3. The van der Waals surface area contributed by atoms with Crippen LogP contribution < -0.4 is 0 Å². The van der Waals surface area contributed by atoms with Crippen LogP contribution in [0.25, 0.3) is 11.1 Å². The summed E-state index contributed by atoms with van der Waals surface area (Å²) >= 11 is 0. The number of hydrogen-bond donors (Lipinski definition) is 0. The van der Waals surface area contributed by atoms with Gasteiger partial charge in [-0.1, -0.05) is 49.2 Å². The maximum Gasteiger partial charge on any atom is 0.340 e. The van der Waals surface area contributed by atoms with Crippen molar-refractivity contribution in [2.45, 2.75) is 46.6 Å². The fraction of sp³-hybridized carbons (Fsp3) is 0.292. The maximum atomic E-state index is 12.9. The molecule has 0 aliphatic carbocycles. The van der Waals surface area contributed by atoms with Gasteiger partial charge < -0.3 is 4.74 Å². The van der Waals surface area contributed by atoms with Crippen molar-refractivity contribution in [3.05, 3.63) is 82.9 Å². The topological polar surface area (TPSA) is 52.1 Å². The van der Waals surface area contributed by atoms with Gasteiger partial charge in [0.05, 0.1) is 11.3 Å². The summed E-state index contributed by atoms with van der Waals surface area (Å²) in [7, 11) is 0. The summed E-state index contributed by atoms with van der Waals surface area (Å²) in [6.45, 7) is 6.29. The molecule has 0 unspecified atom stereocenters. The minimum Gasteiger partial charge on any atom is -0.457 e. The number of unbranched alkanes of at least 4 members (excludes halogenated alkanes) is 1. The van der Waals surface area contributed by atoms with Crippen molar-refractivity contribution >= 4 is 5.97 Å². The Balaban J connectivity index is 1.95. The highest BCUT2D eigenvalue weighted by atomic mass is 16.5. The normalized spacial score (nSPS) is 10.7. The molecule has 0 radical (unpaired) electrons. The number of ether oxygens (including phenoxy) is 1. The monoisotopic (exact) mass is 374 g/mol. The SMILES string of the molecule is CCCCc1cc(-c2ccc(C)cc2)c(C(=O)OCc2cccnc2)c(C)n1. The van der Waals surface area contributed by atoms with Crippen LogP contribution in [0.3, 0.4) is 0 Å². The maximum absolute atomic E-state index is 12.9. The zero-order valence-electron chi connectivity index (χ0n) is 16.7. The summed E-state index contributed by atoms with van der Waals surface area (Å²) in [6, 6.07) is 14.0. The fourth-order valence-electron chi connectivity index (χ4n) is 3.15. The first-order valence-electron chi connectivity index (χ1n) is 9.72. The minimum absolute atomic E-state index is 0.192. The first-order valence-corrected chi connectivity index (χ1v) is 9.72. The van der Waals surface area contributed by atoms with Crippen LogP contribution in [-0.2, 0) is 17.8 Å². The van der Waals surface area contributed by atoms with Crippen LogP contribution in [0.2, 0.25) is 0 Å². The van der Waals surface area contributed by atoms with Gasteiger partial charge in [-0.3, -0.25) is 9.97 Å². The van der Waals surface area contributed by atoms with E-state index in [0.717, 1.165) is 41.6 Å². The Morgan fingerprint density at radius 3 is 2.57 bits per heavy atom. The smallest absolute Gasteiger partial charge is 0.340 e. The number of nitrogens with zero attached hydrogens (tertiary/aromatic N) is 2. The Morgan fingerprint density at radius 2 is 1.89 bits per heavy atom. The predicted octanol–water partition coefficient (Wildman–Crippen LogP) is 5.46. The van der Waals surface area contributed by atoms with E-state index in [9.17, 15) is 4.79 Å². The van der Waals surface area contributed by atoms with E-state index in [4.69, 9.17) is 4.74 Å². The molecule has 2 heterocycles. The minimum atomic E-state index is -0.355. The van der Waals surface area contributed by atoms with E-state index >= 15 is 0 Å². The lowest BCUT2D eigenvalue weighted by atomic mass is 9.96. The van der Waals surface area contributed by atoms with Gasteiger partial charge in [0, 0.05) is 23.7 Å². The van der Waals surface area contributed by atoms with Crippen molar-refractivity contribution in [3.8, 4) is 11.1 Å². The van der Waals surface area contributed by atoms with Crippen molar-refractivity contribution in [1.29, 1.82) is 0 Å². The van der Waals surface area contributed by atoms with Crippen LogP contribution in [0, 0.1) is 13.8 Å². The molecule has 0 aliphatic rings. The highest BCUT2D eigenvalue weighted by Gasteiger charge is 2.20. The molecule has 0 fully saturated rings. The lowest BCUT2D eigenvalue weighted by Crippen LogP contribution is -2.12. The molecular weight excluding hydrogens is 348 g/mol. The Labute approximate surface area is 166 Å². The van der Waals surface area contributed by atoms with E-state index < -0.39 is 0 Å². The summed E-state index contributed by atoms with van der Waals surface area (Å²) in [4.78, 5) is 21.7. The molecule has 144 valence electrons. The van der Waals surface area contributed by atoms with E-state index in [1.165, 1.54) is 5.56 Å². The van der Waals surface area contributed by atoms with Gasteiger partial charge >= 0.3 is 5.97 Å². The zero-order valence-corrected chi connectivity index (χ0v) is 16.7. The largest absolute Gasteiger partial charge is 0.457 e. The first-order chi connectivity index (χ1) is 13.6. The molecule has 4 nitrogen and oxygen atoms in total. The predicted molar refractivity (Wildman–Crippen MR) is 111 cm³/mol. The molecular formula is C24H26N2O2. The Bertz CT molecular complexity index is 935. The van der Waals surface area contributed by atoms with Crippen molar-refractivity contribution in [2.24, 2.45) is 0 Å². The number of hydrogen-bond acceptors (Lipinski definition) is 4. The number of aromatic nitrogens is 2. The van der Waals surface area contributed by atoms with Crippen molar-refractivity contribution in [2.75, 3.05) is 0 Å². The fourth-order valence-corrected chi connectivity index (χ4v) is 3.15. The molecule has 28 heavy (non-hydrogen) atoms. The summed E-state index contributed by atoms with van der Waals surface area (Å²) in [6.07, 6.45) is 6.48. The van der Waals surface area contributed by atoms with Gasteiger partial charge in [-0.15, -0.1) is 0 Å². The Hall–Kier alpha value is -3.01. The van der Waals surface area contributed by atoms with Crippen LogP contribution in [0.4, 0.5) is 0 Å². The summed E-state index contributed by atoms with van der Waals surface area (Å²) in [5.41, 5.74) is 6.18. The Kier molecular flexibility index (Phi) is 6.53. The molecule has 0 aliphatic heterocycles. The molecule has 0 saturated heterocycles. The number of carbonyl (C=O) groups excluding carboxylic acids is 1. The molecule has 0 N–H and O–H groups in total. The second-order valence-electron chi connectivity index (χ2n) is 7.03. The van der Waals surface area contributed by atoms with Gasteiger partial charge in [0.1, 0.15) is 6.61 Å². The molecule has 3 rings (SSSR count). The molecule has 4 heteroatoms. The van der Waals surface area contributed by atoms with Crippen molar-refractivity contribution in [3.63, 3.8) is 0 Å². The van der Waals surface area contributed by atoms with Crippen LogP contribution in [0.15, 0.2) is 54.9 Å². The summed E-state index contributed by atoms with van der Waals surface area (Å²) in [5.74, 6) is -0.355. The zero-order chi connectivity index (χ0) is 19.9. The van der Waals surface area contributed by atoms with Crippen molar-refractivity contribution in [1.82, 2.24) is 9.97 Å². The van der Waals surface area contributed by atoms with Crippen molar-refractivity contribution < 1.29 is 9.53 Å². The number of rotatable bonds is 7. The highest BCUT2D eigenvalue weighted by molar-refractivity contribution is 5.98. The van der Waals surface area contributed by atoms with E-state index in [0.29, 0.717) is 11.3 Å². The number of esters is 1. The van der Waals surface area contributed by atoms with E-state index in [1.807, 2.05) is 37.3 Å². The third kappa shape index (κ3) is 4.83. The van der Waals surface area contributed by atoms with Crippen LogP contribution in [0.5, 0.6) is 0 Å². The van der Waals surface area contributed by atoms with Gasteiger partial charge in [-0.25, -0.2) is 4.79 Å². The van der Waals surface area contributed by atoms with Crippen LogP contribution in [-0.4, -0.2) is 15.9 Å². The van der Waals surface area contributed by atoms with Gasteiger partial charge in [-0.2, -0.15) is 0 Å². The summed E-state index contributed by atoms with van der Waals surface area (Å²) in [5, 5.41) is 0. The number of benzene rings is 1. The lowest BCUT2D eigenvalue weighted by Gasteiger charge is -2.15. The molecule has 0 atom stereocenters. The molecule has 3 aromatic rings. The average Bonchev–Trinajstić information content (AvgIpc) is 2.71. The highest BCUT2D eigenvalue weighted by Crippen LogP contribution is 2.28. The number of pyridine rings is 2. The van der Waals surface area contributed by atoms with Gasteiger partial charge in [0.15, 0.2) is 0 Å². The Morgan fingerprint density at radius 1 is 1.11 bits per heavy atom. The molecule has 2 aromatic heterocycles. The molecule has 0 saturated carbocycles. The molecule has 0 bridgehead atoms. The van der Waals surface area contributed by atoms with Crippen LogP contribution >= 0.6 is 0 Å². The molecule has 0 spiro atoms.